The lowest BCUT2D eigenvalue weighted by atomic mass is 10.3. The van der Waals surface area contributed by atoms with Gasteiger partial charge in [0.15, 0.2) is 0 Å². The van der Waals surface area contributed by atoms with Gasteiger partial charge in [0.25, 0.3) is 0 Å². The Morgan fingerprint density at radius 3 is 3.00 bits per heavy atom. The van der Waals surface area contributed by atoms with Crippen LogP contribution in [-0.2, 0) is 0 Å². The van der Waals surface area contributed by atoms with Gasteiger partial charge in [0.2, 0.25) is 0 Å². The van der Waals surface area contributed by atoms with E-state index < -0.39 is 0 Å². The molecule has 1 heteroatoms. The lowest BCUT2D eigenvalue weighted by Gasteiger charge is -1.89. The van der Waals surface area contributed by atoms with Gasteiger partial charge in [0, 0.05) is 0 Å². The van der Waals surface area contributed by atoms with Crippen LogP contribution >= 0.6 is 0 Å². The van der Waals surface area contributed by atoms with Crippen molar-refractivity contribution in [3.8, 4) is 0 Å². The highest BCUT2D eigenvalue weighted by Gasteiger charge is 2.03. The van der Waals surface area contributed by atoms with Gasteiger partial charge in [-0.25, -0.2) is 0 Å². The number of hydrogen-bond acceptors (Lipinski definition) is 1. The zero-order valence-electron chi connectivity index (χ0n) is 4.70. The molecule has 0 saturated carbocycles. The van der Waals surface area contributed by atoms with Gasteiger partial charge in [-0.1, -0.05) is 11.6 Å². The molecule has 0 radical (unpaired) electrons. The molecule has 0 aliphatic heterocycles. The van der Waals surface area contributed by atoms with E-state index in [4.69, 9.17) is 0 Å². The normalized spacial score (nSPS) is 16.4. The van der Waals surface area contributed by atoms with Crippen LogP contribution in [-0.4, -0.2) is 13.6 Å². The molecule has 7 heavy (non-hydrogen) atoms. The fraction of sp³-hybridized carbons (Fsp3) is 0.667. The minimum absolute atomic E-state index is 1.14. The molecule has 0 aromatic rings. The van der Waals surface area contributed by atoms with Gasteiger partial charge in [0.05, 0.1) is 0 Å². The quantitative estimate of drug-likeness (QED) is 0.516. The van der Waals surface area contributed by atoms with E-state index in [9.17, 15) is 0 Å². The minimum atomic E-state index is 1.14. The van der Waals surface area contributed by atoms with Crippen molar-refractivity contribution in [1.29, 1.82) is 0 Å². The predicted octanol–water partition coefficient (Wildman–Crippen LogP) is 0.926. The highest BCUT2D eigenvalue weighted by Crippen LogP contribution is 2.20. The Labute approximate surface area is 44.4 Å². The van der Waals surface area contributed by atoms with Crippen molar-refractivity contribution in [2.45, 2.75) is 12.8 Å². The molecular weight excluding hydrogens is 86.1 g/mol. The summed E-state index contributed by atoms with van der Waals surface area (Å²) in [5, 5.41) is 3.10. The van der Waals surface area contributed by atoms with Crippen LogP contribution in [0.1, 0.15) is 12.8 Å². The van der Waals surface area contributed by atoms with Crippen LogP contribution in [0.2, 0.25) is 0 Å². The Bertz CT molecular complexity index is 84.2. The second-order valence-corrected chi connectivity index (χ2v) is 1.92. The van der Waals surface area contributed by atoms with Gasteiger partial charge in [-0.05, 0) is 26.4 Å². The largest absolute Gasteiger partial charge is 0.319 e. The number of nitrogens with one attached hydrogen (secondary N) is 1. The summed E-state index contributed by atoms with van der Waals surface area (Å²) in [6.07, 6.45) is 4.82. The number of rotatable bonds is 3. The number of allylic oxidation sites excluding steroid dienone is 1. The molecule has 0 bridgehead atoms. The SMILES string of the molecule is CNCCC1=CC1. The molecule has 0 atom stereocenters. The van der Waals surface area contributed by atoms with Crippen LogP contribution in [0, 0.1) is 0 Å². The van der Waals surface area contributed by atoms with E-state index >= 15 is 0 Å². The van der Waals surface area contributed by atoms with E-state index in [0.717, 1.165) is 6.54 Å². The van der Waals surface area contributed by atoms with Gasteiger partial charge in [-0.15, -0.1) is 0 Å². The molecule has 1 nitrogen and oxygen atoms in total. The third-order valence-corrected chi connectivity index (χ3v) is 1.19. The Balaban J connectivity index is 1.89. The third kappa shape index (κ3) is 1.74. The van der Waals surface area contributed by atoms with Gasteiger partial charge >= 0.3 is 0 Å². The topological polar surface area (TPSA) is 12.0 Å². The summed E-state index contributed by atoms with van der Waals surface area (Å²) in [5.74, 6) is 0. The van der Waals surface area contributed by atoms with Gasteiger partial charge in [0.1, 0.15) is 0 Å². The fourth-order valence-corrected chi connectivity index (χ4v) is 0.562. The molecule has 1 aliphatic carbocycles. The van der Waals surface area contributed by atoms with Crippen LogP contribution in [0.25, 0.3) is 0 Å². The lowest BCUT2D eigenvalue weighted by molar-refractivity contribution is 0.795. The maximum atomic E-state index is 3.10. The third-order valence-electron chi connectivity index (χ3n) is 1.19. The van der Waals surface area contributed by atoms with Crippen molar-refractivity contribution >= 4 is 0 Å². The zero-order valence-corrected chi connectivity index (χ0v) is 4.70. The fourth-order valence-electron chi connectivity index (χ4n) is 0.562. The Hall–Kier alpha value is -0.300. The average Bonchev–Trinajstić information content (AvgIpc) is 2.42. The molecule has 0 saturated heterocycles. The van der Waals surface area contributed by atoms with E-state index in [2.05, 4.69) is 11.4 Å². The Kier molecular flexibility index (Phi) is 1.47. The van der Waals surface area contributed by atoms with E-state index in [0.29, 0.717) is 0 Å². The monoisotopic (exact) mass is 97.1 g/mol. The maximum absolute atomic E-state index is 3.10. The molecule has 0 spiro atoms. The van der Waals surface area contributed by atoms with E-state index in [1.807, 2.05) is 7.05 Å². The van der Waals surface area contributed by atoms with Crippen LogP contribution < -0.4 is 5.32 Å². The summed E-state index contributed by atoms with van der Waals surface area (Å²) in [6, 6.07) is 0. The highest BCUT2D eigenvalue weighted by atomic mass is 14.8. The first-order valence-electron chi connectivity index (χ1n) is 2.76. The predicted molar refractivity (Wildman–Crippen MR) is 31.2 cm³/mol. The van der Waals surface area contributed by atoms with Crippen molar-refractivity contribution in [2.24, 2.45) is 0 Å². The molecule has 0 heterocycles. The molecule has 0 amide bonds. The molecule has 0 unspecified atom stereocenters. The van der Waals surface area contributed by atoms with Crippen LogP contribution in [0.5, 0.6) is 0 Å². The summed E-state index contributed by atoms with van der Waals surface area (Å²) in [5.41, 5.74) is 1.62. The second-order valence-electron chi connectivity index (χ2n) is 1.92. The van der Waals surface area contributed by atoms with Gasteiger partial charge < -0.3 is 5.32 Å². The van der Waals surface area contributed by atoms with Crippen LogP contribution in [0.3, 0.4) is 0 Å². The lowest BCUT2D eigenvalue weighted by Crippen LogP contribution is -2.06. The van der Waals surface area contributed by atoms with E-state index in [1.54, 1.807) is 5.57 Å². The summed E-state index contributed by atoms with van der Waals surface area (Å²) in [7, 11) is 1.99. The second kappa shape index (κ2) is 2.12. The smallest absolute Gasteiger partial charge is 0.00145 e. The van der Waals surface area contributed by atoms with Gasteiger partial charge in [-0.2, -0.15) is 0 Å². The zero-order chi connectivity index (χ0) is 5.11. The van der Waals surface area contributed by atoms with E-state index in [-0.39, 0.29) is 0 Å². The summed E-state index contributed by atoms with van der Waals surface area (Å²) >= 11 is 0. The minimum Gasteiger partial charge on any atom is -0.319 e. The average molecular weight is 97.2 g/mol. The highest BCUT2D eigenvalue weighted by molar-refractivity contribution is 5.21. The van der Waals surface area contributed by atoms with Crippen molar-refractivity contribution in [2.75, 3.05) is 13.6 Å². The molecule has 40 valence electrons. The van der Waals surface area contributed by atoms with Crippen LogP contribution in [0.4, 0.5) is 0 Å². The van der Waals surface area contributed by atoms with Crippen LogP contribution in [0.15, 0.2) is 11.6 Å². The van der Waals surface area contributed by atoms with Crippen molar-refractivity contribution in [3.63, 3.8) is 0 Å². The molecule has 0 fully saturated rings. The molecule has 1 rings (SSSR count). The molecule has 1 N–H and O–H groups in total. The first-order chi connectivity index (χ1) is 3.43. The maximum Gasteiger partial charge on any atom is -0.00145 e. The Morgan fingerprint density at radius 1 is 1.86 bits per heavy atom. The van der Waals surface area contributed by atoms with E-state index in [1.165, 1.54) is 12.8 Å². The first-order valence-corrected chi connectivity index (χ1v) is 2.76. The van der Waals surface area contributed by atoms with Crippen molar-refractivity contribution in [3.05, 3.63) is 11.6 Å². The summed E-state index contributed by atoms with van der Waals surface area (Å²) < 4.78 is 0. The van der Waals surface area contributed by atoms with Crippen molar-refractivity contribution in [1.82, 2.24) is 5.32 Å². The number of hydrogen-bond donors (Lipinski definition) is 1. The summed E-state index contributed by atoms with van der Waals surface area (Å²) in [6.45, 7) is 1.14. The molecular formula is C6H11N. The molecule has 1 aliphatic rings. The van der Waals surface area contributed by atoms with Crippen molar-refractivity contribution < 1.29 is 0 Å². The first kappa shape index (κ1) is 4.85. The standard InChI is InChI=1S/C6H11N/c1-7-5-4-6-2-3-6/h2,7H,3-5H2,1H3. The van der Waals surface area contributed by atoms with Gasteiger partial charge in [-0.3, -0.25) is 0 Å². The Morgan fingerprint density at radius 2 is 2.57 bits per heavy atom. The molecule has 0 aromatic heterocycles. The summed E-state index contributed by atoms with van der Waals surface area (Å²) in [4.78, 5) is 0. The molecule has 0 aromatic carbocycles.